The molecule has 1 aliphatic rings. The Kier molecular flexibility index (Phi) is 9.19. The molecule has 0 amide bonds. The Balaban J connectivity index is 0.00000324. The molecule has 0 saturated heterocycles. The molecule has 0 heterocycles. The Hall–Kier alpha value is 0.120. The summed E-state index contributed by atoms with van der Waals surface area (Å²) in [6, 6.07) is 0.00722. The molecule has 1 fully saturated rings. The van der Waals surface area contributed by atoms with Crippen LogP contribution in [0.2, 0.25) is 0 Å². The van der Waals surface area contributed by atoms with Crippen LogP contribution in [-0.2, 0) is 14.8 Å². The predicted molar refractivity (Wildman–Crippen MR) is 80.1 cm³/mol. The van der Waals surface area contributed by atoms with Gasteiger partial charge in [-0.15, -0.1) is 12.4 Å². The van der Waals surface area contributed by atoms with Gasteiger partial charge in [-0.25, -0.2) is 13.1 Å². The summed E-state index contributed by atoms with van der Waals surface area (Å²) in [5, 5.41) is 0. The molecule has 2 unspecified atom stereocenters. The average Bonchev–Trinajstić information content (AvgIpc) is 2.28. The SMILES string of the molecule is CC(C)OCCS(=O)(=O)NC1CCCCC1CN.Cl. The standard InChI is InChI=1S/C12H26N2O3S.ClH/c1-10(2)17-7-8-18(15,16)14-12-6-4-3-5-11(12)9-13;/h10-12,14H,3-9,13H2,1-2H3;1H. The molecule has 0 aliphatic heterocycles. The van der Waals surface area contributed by atoms with E-state index in [0.717, 1.165) is 25.7 Å². The van der Waals surface area contributed by atoms with Crippen LogP contribution in [0.3, 0.4) is 0 Å². The predicted octanol–water partition coefficient (Wildman–Crippen LogP) is 1.27. The van der Waals surface area contributed by atoms with E-state index in [1.165, 1.54) is 0 Å². The molecule has 116 valence electrons. The topological polar surface area (TPSA) is 81.4 Å². The number of sulfonamides is 1. The van der Waals surface area contributed by atoms with Crippen LogP contribution >= 0.6 is 12.4 Å². The van der Waals surface area contributed by atoms with Crippen LogP contribution in [0.5, 0.6) is 0 Å². The summed E-state index contributed by atoms with van der Waals surface area (Å²) in [6.07, 6.45) is 4.20. The summed E-state index contributed by atoms with van der Waals surface area (Å²) in [5.74, 6) is 0.304. The van der Waals surface area contributed by atoms with Gasteiger partial charge < -0.3 is 10.5 Å². The second kappa shape index (κ2) is 9.13. The van der Waals surface area contributed by atoms with Crippen molar-refractivity contribution < 1.29 is 13.2 Å². The van der Waals surface area contributed by atoms with Crippen LogP contribution in [0, 0.1) is 5.92 Å². The number of ether oxygens (including phenoxy) is 1. The Bertz CT molecular complexity index is 336. The zero-order valence-corrected chi connectivity index (χ0v) is 13.4. The molecule has 3 N–H and O–H groups in total. The summed E-state index contributed by atoms with van der Waals surface area (Å²) in [4.78, 5) is 0. The molecule has 1 rings (SSSR count). The molecule has 1 saturated carbocycles. The van der Waals surface area contributed by atoms with Gasteiger partial charge in [0.25, 0.3) is 0 Å². The molecule has 0 aromatic carbocycles. The summed E-state index contributed by atoms with van der Waals surface area (Å²) < 4.78 is 31.9. The number of nitrogens with one attached hydrogen (secondary N) is 1. The average molecular weight is 315 g/mol. The molecule has 0 spiro atoms. The zero-order valence-electron chi connectivity index (χ0n) is 11.8. The third-order valence-corrected chi connectivity index (χ3v) is 4.71. The van der Waals surface area contributed by atoms with E-state index in [-0.39, 0.29) is 42.8 Å². The van der Waals surface area contributed by atoms with Crippen LogP contribution in [0.1, 0.15) is 39.5 Å². The fourth-order valence-electron chi connectivity index (χ4n) is 2.33. The van der Waals surface area contributed by atoms with Crippen LogP contribution in [0.4, 0.5) is 0 Å². The first kappa shape index (κ1) is 19.1. The Morgan fingerprint density at radius 3 is 2.53 bits per heavy atom. The lowest BCUT2D eigenvalue weighted by molar-refractivity contribution is 0.0910. The molecule has 2 atom stereocenters. The summed E-state index contributed by atoms with van der Waals surface area (Å²) >= 11 is 0. The second-order valence-corrected chi connectivity index (χ2v) is 7.12. The van der Waals surface area contributed by atoms with E-state index in [1.54, 1.807) is 0 Å². The zero-order chi connectivity index (χ0) is 13.6. The molecule has 0 radical (unpaired) electrons. The largest absolute Gasteiger partial charge is 0.378 e. The Morgan fingerprint density at radius 1 is 1.32 bits per heavy atom. The molecule has 19 heavy (non-hydrogen) atoms. The van der Waals surface area contributed by atoms with Crippen molar-refractivity contribution in [2.45, 2.75) is 51.7 Å². The first-order valence-electron chi connectivity index (χ1n) is 6.76. The van der Waals surface area contributed by atoms with E-state index in [9.17, 15) is 8.42 Å². The highest BCUT2D eigenvalue weighted by atomic mass is 35.5. The van der Waals surface area contributed by atoms with Crippen molar-refractivity contribution in [1.29, 1.82) is 0 Å². The van der Waals surface area contributed by atoms with Gasteiger partial charge in [0.1, 0.15) is 0 Å². The molecule has 0 bridgehead atoms. The van der Waals surface area contributed by atoms with Gasteiger partial charge in [-0.05, 0) is 39.2 Å². The van der Waals surface area contributed by atoms with Gasteiger partial charge in [-0.2, -0.15) is 0 Å². The van der Waals surface area contributed by atoms with Crippen molar-refractivity contribution in [1.82, 2.24) is 4.72 Å². The van der Waals surface area contributed by atoms with Crippen LogP contribution in [-0.4, -0.2) is 39.5 Å². The highest BCUT2D eigenvalue weighted by molar-refractivity contribution is 7.89. The van der Waals surface area contributed by atoms with Crippen LogP contribution < -0.4 is 10.5 Å². The van der Waals surface area contributed by atoms with E-state index < -0.39 is 10.0 Å². The van der Waals surface area contributed by atoms with Crippen molar-refractivity contribution in [2.24, 2.45) is 11.7 Å². The fraction of sp³-hybridized carbons (Fsp3) is 1.00. The van der Waals surface area contributed by atoms with Crippen molar-refractivity contribution >= 4 is 22.4 Å². The van der Waals surface area contributed by atoms with Gasteiger partial charge >= 0.3 is 0 Å². The fourth-order valence-corrected chi connectivity index (χ4v) is 3.53. The number of halogens is 1. The molecule has 0 aromatic heterocycles. The van der Waals surface area contributed by atoms with Crippen molar-refractivity contribution in [3.05, 3.63) is 0 Å². The van der Waals surface area contributed by atoms with Crippen molar-refractivity contribution in [3.63, 3.8) is 0 Å². The summed E-state index contributed by atoms with van der Waals surface area (Å²) in [7, 11) is -3.25. The lowest BCUT2D eigenvalue weighted by Crippen LogP contribution is -2.45. The molecular weight excluding hydrogens is 288 g/mol. The third kappa shape index (κ3) is 7.46. The maximum Gasteiger partial charge on any atom is 0.214 e. The van der Waals surface area contributed by atoms with E-state index in [4.69, 9.17) is 10.5 Å². The summed E-state index contributed by atoms with van der Waals surface area (Å²) in [6.45, 7) is 4.58. The molecule has 0 aromatic rings. The van der Waals surface area contributed by atoms with Gasteiger partial charge in [-0.1, -0.05) is 12.8 Å². The monoisotopic (exact) mass is 314 g/mol. The van der Waals surface area contributed by atoms with Crippen LogP contribution in [0.15, 0.2) is 0 Å². The molecular formula is C12H27ClN2O3S. The molecule has 7 heteroatoms. The van der Waals surface area contributed by atoms with Gasteiger partial charge in [0.2, 0.25) is 10.0 Å². The third-order valence-electron chi connectivity index (χ3n) is 3.35. The quantitative estimate of drug-likeness (QED) is 0.741. The first-order valence-corrected chi connectivity index (χ1v) is 8.41. The lowest BCUT2D eigenvalue weighted by atomic mass is 9.85. The maximum absolute atomic E-state index is 11.9. The lowest BCUT2D eigenvalue weighted by Gasteiger charge is -2.31. The second-order valence-electron chi connectivity index (χ2n) is 5.24. The van der Waals surface area contributed by atoms with Crippen molar-refractivity contribution in [3.8, 4) is 0 Å². The highest BCUT2D eigenvalue weighted by Crippen LogP contribution is 2.24. The minimum Gasteiger partial charge on any atom is -0.378 e. The van der Waals surface area contributed by atoms with E-state index in [1.807, 2.05) is 13.8 Å². The summed E-state index contributed by atoms with van der Waals surface area (Å²) in [5.41, 5.74) is 5.69. The van der Waals surface area contributed by atoms with Gasteiger partial charge in [0, 0.05) is 6.04 Å². The Morgan fingerprint density at radius 2 is 1.95 bits per heavy atom. The normalized spacial score (nSPS) is 24.2. The number of rotatable bonds is 7. The minimum absolute atomic E-state index is 0. The van der Waals surface area contributed by atoms with Crippen LogP contribution in [0.25, 0.3) is 0 Å². The van der Waals surface area contributed by atoms with Gasteiger partial charge in [-0.3, -0.25) is 0 Å². The minimum atomic E-state index is -3.25. The number of nitrogens with two attached hydrogens (primary N) is 1. The smallest absolute Gasteiger partial charge is 0.214 e. The van der Waals surface area contributed by atoms with Gasteiger partial charge in [0.15, 0.2) is 0 Å². The number of hydrogen-bond donors (Lipinski definition) is 2. The molecule has 5 nitrogen and oxygen atoms in total. The highest BCUT2D eigenvalue weighted by Gasteiger charge is 2.27. The maximum atomic E-state index is 11.9. The van der Waals surface area contributed by atoms with Crippen molar-refractivity contribution in [2.75, 3.05) is 18.9 Å². The van der Waals surface area contributed by atoms with E-state index in [0.29, 0.717) is 6.54 Å². The Labute approximate surface area is 123 Å². The van der Waals surface area contributed by atoms with Gasteiger partial charge in [0.05, 0.1) is 18.5 Å². The first-order chi connectivity index (χ1) is 8.44. The molecule has 1 aliphatic carbocycles. The van der Waals surface area contributed by atoms with E-state index in [2.05, 4.69) is 4.72 Å². The number of hydrogen-bond acceptors (Lipinski definition) is 4. The van der Waals surface area contributed by atoms with E-state index >= 15 is 0 Å².